The summed E-state index contributed by atoms with van der Waals surface area (Å²) in [5, 5.41) is 4.62. The van der Waals surface area contributed by atoms with Crippen molar-refractivity contribution < 1.29 is 13.2 Å². The average molecular weight is 429 g/mol. The minimum Gasteiger partial charge on any atom is -0.337 e. The highest BCUT2D eigenvalue weighted by atomic mass is 32.2. The number of carbonyl (C=O) groups is 1. The first-order valence-corrected chi connectivity index (χ1v) is 12.2. The average Bonchev–Trinajstić information content (AvgIpc) is 3.25. The molecule has 0 radical (unpaired) electrons. The highest BCUT2D eigenvalue weighted by Gasteiger charge is 2.34. The zero-order valence-electron chi connectivity index (χ0n) is 17.5. The second kappa shape index (κ2) is 8.35. The van der Waals surface area contributed by atoms with Crippen molar-refractivity contribution in [3.8, 4) is 5.69 Å². The summed E-state index contributed by atoms with van der Waals surface area (Å²) in [4.78, 5) is 16.8. The molecule has 4 rings (SSSR count). The van der Waals surface area contributed by atoms with E-state index in [4.69, 9.17) is 0 Å². The molecule has 0 bridgehead atoms. The molecule has 1 aromatic carbocycles. The zero-order chi connectivity index (χ0) is 21.3. The van der Waals surface area contributed by atoms with Crippen molar-refractivity contribution in [1.82, 2.24) is 19.6 Å². The van der Waals surface area contributed by atoms with Crippen LogP contribution in [0.3, 0.4) is 0 Å². The molecule has 2 aromatic rings. The molecule has 0 aliphatic carbocycles. The van der Waals surface area contributed by atoms with Crippen LogP contribution in [0.1, 0.15) is 23.4 Å². The maximum Gasteiger partial charge on any atom is 0.246 e. The standard InChI is InChI=1S/C22H28N4O3S/c1-17-21(18(2)26(23-17)19-6-4-3-5-7-19)8-9-22(27)25-13-11-24(12-14-25)20-10-15-30(28,29)16-20/h3-9,20H,10-16H2,1-2H3/b9-8+. The van der Waals surface area contributed by atoms with Gasteiger partial charge in [0.1, 0.15) is 0 Å². The molecular formula is C22H28N4O3S. The summed E-state index contributed by atoms with van der Waals surface area (Å²) >= 11 is 0. The van der Waals surface area contributed by atoms with Crippen LogP contribution in [0, 0.1) is 13.8 Å². The Morgan fingerprint density at radius 2 is 1.80 bits per heavy atom. The van der Waals surface area contributed by atoms with Gasteiger partial charge in [-0.1, -0.05) is 18.2 Å². The molecule has 7 nitrogen and oxygen atoms in total. The van der Waals surface area contributed by atoms with Gasteiger partial charge in [-0.15, -0.1) is 0 Å². The molecule has 2 fully saturated rings. The van der Waals surface area contributed by atoms with Crippen molar-refractivity contribution in [2.75, 3.05) is 37.7 Å². The number of rotatable bonds is 4. The highest BCUT2D eigenvalue weighted by Crippen LogP contribution is 2.21. The number of amides is 1. The van der Waals surface area contributed by atoms with E-state index < -0.39 is 9.84 Å². The molecule has 2 saturated heterocycles. The maximum absolute atomic E-state index is 12.7. The number of aryl methyl sites for hydroxylation is 1. The Morgan fingerprint density at radius 3 is 2.43 bits per heavy atom. The Kier molecular flexibility index (Phi) is 5.79. The van der Waals surface area contributed by atoms with Crippen LogP contribution in [0.5, 0.6) is 0 Å². The topological polar surface area (TPSA) is 75.5 Å². The minimum absolute atomic E-state index is 0.0139. The highest BCUT2D eigenvalue weighted by molar-refractivity contribution is 7.91. The Hall–Kier alpha value is -2.45. The monoisotopic (exact) mass is 428 g/mol. The van der Waals surface area contributed by atoms with Crippen LogP contribution in [-0.2, 0) is 14.6 Å². The van der Waals surface area contributed by atoms with Gasteiger partial charge in [0, 0.05) is 49.6 Å². The SMILES string of the molecule is Cc1nn(-c2ccccc2)c(C)c1/C=C/C(=O)N1CCN(C2CCS(=O)(=O)C2)CC1. The molecule has 2 aliphatic heterocycles. The van der Waals surface area contributed by atoms with Gasteiger partial charge >= 0.3 is 0 Å². The fourth-order valence-corrected chi connectivity index (χ4v) is 6.11. The summed E-state index contributed by atoms with van der Waals surface area (Å²) in [5.74, 6) is 0.527. The first kappa shape index (κ1) is 20.8. The van der Waals surface area contributed by atoms with E-state index in [1.807, 2.05) is 59.8 Å². The number of nitrogens with zero attached hydrogens (tertiary/aromatic N) is 4. The molecule has 1 amide bonds. The lowest BCUT2D eigenvalue weighted by molar-refractivity contribution is -0.127. The normalized spacial score (nSPS) is 22.1. The largest absolute Gasteiger partial charge is 0.337 e. The Bertz CT molecular complexity index is 1050. The molecule has 1 aromatic heterocycles. The van der Waals surface area contributed by atoms with E-state index in [0.29, 0.717) is 19.5 Å². The van der Waals surface area contributed by atoms with Crippen LogP contribution in [0.25, 0.3) is 11.8 Å². The Balaban J connectivity index is 1.39. The third kappa shape index (κ3) is 4.34. The Morgan fingerprint density at radius 1 is 1.10 bits per heavy atom. The molecule has 0 saturated carbocycles. The van der Waals surface area contributed by atoms with Crippen LogP contribution >= 0.6 is 0 Å². The van der Waals surface area contributed by atoms with Crippen LogP contribution in [-0.4, -0.2) is 77.6 Å². The fraction of sp³-hybridized carbons (Fsp3) is 0.455. The molecule has 0 N–H and O–H groups in total. The summed E-state index contributed by atoms with van der Waals surface area (Å²) in [7, 11) is -2.88. The molecule has 3 heterocycles. The molecule has 1 unspecified atom stereocenters. The zero-order valence-corrected chi connectivity index (χ0v) is 18.3. The van der Waals surface area contributed by atoms with E-state index in [2.05, 4.69) is 10.00 Å². The van der Waals surface area contributed by atoms with Crippen LogP contribution in [0.15, 0.2) is 36.4 Å². The van der Waals surface area contributed by atoms with Gasteiger partial charge < -0.3 is 4.90 Å². The molecule has 30 heavy (non-hydrogen) atoms. The maximum atomic E-state index is 12.7. The van der Waals surface area contributed by atoms with Crippen molar-refractivity contribution in [1.29, 1.82) is 0 Å². The smallest absolute Gasteiger partial charge is 0.246 e. The second-order valence-corrected chi connectivity index (χ2v) is 10.3. The summed E-state index contributed by atoms with van der Waals surface area (Å²) in [5.41, 5.74) is 3.83. The van der Waals surface area contributed by atoms with Gasteiger partial charge in [-0.3, -0.25) is 9.69 Å². The number of aromatic nitrogens is 2. The first-order chi connectivity index (χ1) is 14.3. The van der Waals surface area contributed by atoms with Crippen LogP contribution < -0.4 is 0 Å². The number of hydrogen-bond donors (Lipinski definition) is 0. The molecule has 0 spiro atoms. The van der Waals surface area contributed by atoms with Crippen molar-refractivity contribution in [3.63, 3.8) is 0 Å². The summed E-state index contributed by atoms with van der Waals surface area (Å²) in [6.45, 7) is 6.66. The lowest BCUT2D eigenvalue weighted by atomic mass is 10.1. The van der Waals surface area contributed by atoms with Crippen molar-refractivity contribution in [2.24, 2.45) is 0 Å². The van der Waals surface area contributed by atoms with Gasteiger partial charge in [-0.2, -0.15) is 5.10 Å². The summed E-state index contributed by atoms with van der Waals surface area (Å²) in [6.07, 6.45) is 4.19. The molecular weight excluding hydrogens is 400 g/mol. The third-order valence-electron chi connectivity index (χ3n) is 6.09. The van der Waals surface area contributed by atoms with Gasteiger partial charge in [-0.25, -0.2) is 13.1 Å². The predicted molar refractivity (Wildman–Crippen MR) is 117 cm³/mol. The quantitative estimate of drug-likeness (QED) is 0.695. The van der Waals surface area contributed by atoms with Gasteiger partial charge in [0.25, 0.3) is 0 Å². The molecule has 8 heteroatoms. The molecule has 1 atom stereocenters. The van der Waals surface area contributed by atoms with Crippen molar-refractivity contribution >= 4 is 21.8 Å². The molecule has 2 aliphatic rings. The number of sulfone groups is 1. The van der Waals surface area contributed by atoms with Gasteiger partial charge in [-0.05, 0) is 38.5 Å². The van der Waals surface area contributed by atoms with E-state index in [1.54, 1.807) is 6.08 Å². The van der Waals surface area contributed by atoms with E-state index in [0.717, 1.165) is 35.7 Å². The van der Waals surface area contributed by atoms with Gasteiger partial charge in [0.05, 0.1) is 22.9 Å². The van der Waals surface area contributed by atoms with Crippen molar-refractivity contribution in [3.05, 3.63) is 53.4 Å². The number of carbonyl (C=O) groups excluding carboxylic acids is 1. The van der Waals surface area contributed by atoms with Gasteiger partial charge in [0.2, 0.25) is 5.91 Å². The summed E-state index contributed by atoms with van der Waals surface area (Å²) < 4.78 is 25.3. The molecule has 160 valence electrons. The lowest BCUT2D eigenvalue weighted by Crippen LogP contribution is -2.52. The van der Waals surface area contributed by atoms with Crippen molar-refractivity contribution in [2.45, 2.75) is 26.3 Å². The van der Waals surface area contributed by atoms with Crippen LogP contribution in [0.4, 0.5) is 0 Å². The third-order valence-corrected chi connectivity index (χ3v) is 7.84. The fourth-order valence-electron chi connectivity index (χ4n) is 4.35. The van der Waals surface area contributed by atoms with E-state index >= 15 is 0 Å². The van der Waals surface area contributed by atoms with E-state index in [9.17, 15) is 13.2 Å². The minimum atomic E-state index is -2.88. The first-order valence-electron chi connectivity index (χ1n) is 10.4. The van der Waals surface area contributed by atoms with E-state index in [-0.39, 0.29) is 23.5 Å². The lowest BCUT2D eigenvalue weighted by Gasteiger charge is -2.37. The number of piperazine rings is 1. The second-order valence-electron chi connectivity index (χ2n) is 8.08. The van der Waals surface area contributed by atoms with Crippen LogP contribution in [0.2, 0.25) is 0 Å². The van der Waals surface area contributed by atoms with Gasteiger partial charge in [0.15, 0.2) is 9.84 Å². The summed E-state index contributed by atoms with van der Waals surface area (Å²) in [6, 6.07) is 10.1. The Labute approximate surface area is 177 Å². The number of para-hydroxylation sites is 1. The number of benzene rings is 1. The number of hydrogen-bond acceptors (Lipinski definition) is 5. The predicted octanol–water partition coefficient (Wildman–Crippen LogP) is 1.83. The van der Waals surface area contributed by atoms with E-state index in [1.165, 1.54) is 0 Å².